The molecular weight excluding hydrogens is 352 g/mol. The summed E-state index contributed by atoms with van der Waals surface area (Å²) >= 11 is 0. The number of hydrogen-bond donors (Lipinski definition) is 1. The van der Waals surface area contributed by atoms with E-state index in [2.05, 4.69) is 33.9 Å². The molecule has 1 N–H and O–H groups in total. The smallest absolute Gasteiger partial charge is 0.223 e. The van der Waals surface area contributed by atoms with Crippen LogP contribution in [0.3, 0.4) is 0 Å². The molecule has 3 rings (SSSR count). The van der Waals surface area contributed by atoms with Crippen molar-refractivity contribution in [2.45, 2.75) is 65.3 Å². The van der Waals surface area contributed by atoms with E-state index in [-0.39, 0.29) is 11.8 Å². The van der Waals surface area contributed by atoms with E-state index < -0.39 is 0 Å². The fraction of sp³-hybridized carbons (Fsp3) is 0.909. The Hall–Kier alpha value is -1.14. The van der Waals surface area contributed by atoms with Gasteiger partial charge in [0.1, 0.15) is 0 Å². The van der Waals surface area contributed by atoms with E-state index in [0.29, 0.717) is 23.8 Å². The minimum absolute atomic E-state index is 0.112. The van der Waals surface area contributed by atoms with Crippen LogP contribution in [0.25, 0.3) is 0 Å². The zero-order chi connectivity index (χ0) is 20.1. The predicted octanol–water partition coefficient (Wildman–Crippen LogP) is 1.95. The van der Waals surface area contributed by atoms with Gasteiger partial charge in [-0.15, -0.1) is 0 Å². The Bertz CT molecular complexity index is 529. The van der Waals surface area contributed by atoms with E-state index in [1.54, 1.807) is 0 Å². The van der Waals surface area contributed by atoms with Crippen LogP contribution in [0.1, 0.15) is 59.3 Å². The van der Waals surface area contributed by atoms with E-state index >= 15 is 0 Å². The van der Waals surface area contributed by atoms with Crippen molar-refractivity contribution in [1.29, 1.82) is 0 Å². The molecule has 2 heterocycles. The number of likely N-dealkylation sites (N-methyl/N-ethyl adjacent to an activating group) is 1. The first-order valence-corrected chi connectivity index (χ1v) is 11.5. The van der Waals surface area contributed by atoms with Gasteiger partial charge in [0.15, 0.2) is 0 Å². The molecule has 3 fully saturated rings. The third kappa shape index (κ3) is 5.26. The third-order valence-electron chi connectivity index (χ3n) is 7.50. The van der Waals surface area contributed by atoms with Gasteiger partial charge in [-0.25, -0.2) is 0 Å². The van der Waals surface area contributed by atoms with E-state index in [0.717, 1.165) is 84.5 Å². The van der Waals surface area contributed by atoms with Crippen molar-refractivity contribution in [3.63, 3.8) is 0 Å². The van der Waals surface area contributed by atoms with Crippen LogP contribution >= 0.6 is 0 Å². The molecule has 1 unspecified atom stereocenters. The van der Waals surface area contributed by atoms with E-state index in [9.17, 15) is 9.59 Å². The van der Waals surface area contributed by atoms with Gasteiger partial charge in [-0.1, -0.05) is 20.8 Å². The monoisotopic (exact) mass is 392 g/mol. The van der Waals surface area contributed by atoms with Crippen molar-refractivity contribution >= 4 is 11.8 Å². The minimum Gasteiger partial charge on any atom is -0.353 e. The lowest BCUT2D eigenvalue weighted by Crippen LogP contribution is -2.56. The van der Waals surface area contributed by atoms with Crippen LogP contribution in [0, 0.1) is 11.3 Å². The molecule has 28 heavy (non-hydrogen) atoms. The number of piperazine rings is 1. The van der Waals surface area contributed by atoms with Gasteiger partial charge in [0, 0.05) is 64.2 Å². The molecule has 160 valence electrons. The number of carbonyl (C=O) groups excluding carboxylic acids is 2. The lowest BCUT2D eigenvalue weighted by molar-refractivity contribution is -0.135. The highest BCUT2D eigenvalue weighted by atomic mass is 16.2. The molecule has 1 aliphatic carbocycles. The second-order valence-corrected chi connectivity index (χ2v) is 9.33. The van der Waals surface area contributed by atoms with Crippen LogP contribution in [-0.4, -0.2) is 84.9 Å². The Balaban J connectivity index is 1.32. The number of amides is 2. The summed E-state index contributed by atoms with van der Waals surface area (Å²) in [5.74, 6) is 0.643. The molecule has 1 atom stereocenters. The topological polar surface area (TPSA) is 55.9 Å². The van der Waals surface area contributed by atoms with Gasteiger partial charge in [0.2, 0.25) is 11.8 Å². The molecule has 3 aliphatic rings. The summed E-state index contributed by atoms with van der Waals surface area (Å²) in [6.45, 7) is 14.5. The summed E-state index contributed by atoms with van der Waals surface area (Å²) in [7, 11) is 0. The normalized spacial score (nSPS) is 24.8. The Morgan fingerprint density at radius 1 is 1.00 bits per heavy atom. The van der Waals surface area contributed by atoms with Crippen LogP contribution in [0.5, 0.6) is 0 Å². The molecular formula is C22H40N4O2. The van der Waals surface area contributed by atoms with Gasteiger partial charge >= 0.3 is 0 Å². The van der Waals surface area contributed by atoms with E-state index in [1.165, 1.54) is 0 Å². The Morgan fingerprint density at radius 2 is 1.61 bits per heavy atom. The maximum absolute atomic E-state index is 12.6. The average Bonchev–Trinajstić information content (AvgIpc) is 2.71. The average molecular weight is 393 g/mol. The number of carbonyl (C=O) groups is 2. The quantitative estimate of drug-likeness (QED) is 0.719. The summed E-state index contributed by atoms with van der Waals surface area (Å²) in [5.41, 5.74) is 0.376. The molecule has 6 heteroatoms. The first kappa shape index (κ1) is 21.6. The zero-order valence-electron chi connectivity index (χ0n) is 18.2. The van der Waals surface area contributed by atoms with Gasteiger partial charge in [-0.05, 0) is 44.1 Å². The highest BCUT2D eigenvalue weighted by molar-refractivity contribution is 5.78. The number of piperidine rings is 1. The highest BCUT2D eigenvalue weighted by Crippen LogP contribution is 2.49. The molecule has 6 nitrogen and oxygen atoms in total. The van der Waals surface area contributed by atoms with Crippen molar-refractivity contribution in [2.24, 2.45) is 11.3 Å². The van der Waals surface area contributed by atoms with Gasteiger partial charge in [0.25, 0.3) is 0 Å². The first-order valence-electron chi connectivity index (χ1n) is 11.5. The molecule has 0 aromatic rings. The predicted molar refractivity (Wildman–Crippen MR) is 112 cm³/mol. The first-order chi connectivity index (χ1) is 13.4. The van der Waals surface area contributed by atoms with Crippen molar-refractivity contribution in [1.82, 2.24) is 20.0 Å². The second-order valence-electron chi connectivity index (χ2n) is 9.33. The Kier molecular flexibility index (Phi) is 7.37. The van der Waals surface area contributed by atoms with Gasteiger partial charge in [-0.3, -0.25) is 9.59 Å². The summed E-state index contributed by atoms with van der Waals surface area (Å²) in [6, 6.07) is 0.352. The third-order valence-corrected chi connectivity index (χ3v) is 7.50. The number of nitrogens with one attached hydrogen (secondary N) is 1. The van der Waals surface area contributed by atoms with Crippen LogP contribution in [0.15, 0.2) is 0 Å². The molecule has 2 saturated heterocycles. The fourth-order valence-corrected chi connectivity index (χ4v) is 5.00. The van der Waals surface area contributed by atoms with Gasteiger partial charge in [0.05, 0.1) is 0 Å². The molecule has 2 aliphatic heterocycles. The summed E-state index contributed by atoms with van der Waals surface area (Å²) < 4.78 is 0. The molecule has 1 saturated carbocycles. The van der Waals surface area contributed by atoms with Crippen LogP contribution < -0.4 is 5.32 Å². The second kappa shape index (κ2) is 9.57. The van der Waals surface area contributed by atoms with Crippen molar-refractivity contribution in [3.05, 3.63) is 0 Å². The summed E-state index contributed by atoms with van der Waals surface area (Å²) in [4.78, 5) is 31.7. The minimum atomic E-state index is 0.112. The molecule has 0 radical (unpaired) electrons. The number of rotatable bonds is 7. The number of likely N-dealkylation sites (tertiary alicyclic amines) is 1. The largest absolute Gasteiger partial charge is 0.353 e. The SMILES string of the molecule is CCC(C)C(=O)NC1CC2(CCN(C(=O)CCN3CCN(CC)CC3)CC2)C1. The Morgan fingerprint density at radius 3 is 2.18 bits per heavy atom. The van der Waals surface area contributed by atoms with Crippen molar-refractivity contribution in [3.8, 4) is 0 Å². The Labute approximate surface area is 171 Å². The number of nitrogens with zero attached hydrogens (tertiary/aromatic N) is 3. The molecule has 2 amide bonds. The molecule has 0 aromatic heterocycles. The van der Waals surface area contributed by atoms with Gasteiger partial charge in [-0.2, -0.15) is 0 Å². The summed E-state index contributed by atoms with van der Waals surface area (Å²) in [6.07, 6.45) is 5.95. The number of hydrogen-bond acceptors (Lipinski definition) is 4. The van der Waals surface area contributed by atoms with Gasteiger partial charge < -0.3 is 20.0 Å². The lowest BCUT2D eigenvalue weighted by Gasteiger charge is -2.52. The maximum Gasteiger partial charge on any atom is 0.223 e. The van der Waals surface area contributed by atoms with Crippen LogP contribution in [-0.2, 0) is 9.59 Å². The lowest BCUT2D eigenvalue weighted by atomic mass is 9.60. The van der Waals surface area contributed by atoms with Crippen molar-refractivity contribution < 1.29 is 9.59 Å². The maximum atomic E-state index is 12.6. The fourth-order valence-electron chi connectivity index (χ4n) is 5.00. The van der Waals surface area contributed by atoms with E-state index in [1.807, 2.05) is 6.92 Å². The van der Waals surface area contributed by atoms with E-state index in [4.69, 9.17) is 0 Å². The summed E-state index contributed by atoms with van der Waals surface area (Å²) in [5, 5.41) is 3.21. The highest BCUT2D eigenvalue weighted by Gasteiger charge is 2.46. The van der Waals surface area contributed by atoms with Crippen LogP contribution in [0.4, 0.5) is 0 Å². The standard InChI is InChI=1S/C22H40N4O2/c1-4-18(3)21(28)23-19-16-22(17-19)7-10-26(11-8-22)20(27)6-9-25-14-12-24(5-2)13-15-25/h18-19H,4-17H2,1-3H3,(H,23,28). The molecule has 1 spiro atoms. The molecule has 0 aromatic carbocycles. The van der Waals surface area contributed by atoms with Crippen LogP contribution in [0.2, 0.25) is 0 Å². The van der Waals surface area contributed by atoms with Crippen molar-refractivity contribution in [2.75, 3.05) is 52.4 Å². The zero-order valence-corrected chi connectivity index (χ0v) is 18.2. The molecule has 0 bridgehead atoms.